The van der Waals surface area contributed by atoms with Crippen LogP contribution in [0.2, 0.25) is 0 Å². The molecule has 0 saturated carbocycles. The number of nitrogens with one attached hydrogen (secondary N) is 1. The van der Waals surface area contributed by atoms with Gasteiger partial charge in [-0.1, -0.05) is 0 Å². The number of alkyl halides is 1. The van der Waals surface area contributed by atoms with Crippen LogP contribution in [0.25, 0.3) is 0 Å². The molecule has 34 heavy (non-hydrogen) atoms. The molecule has 10 nitrogen and oxygen atoms in total. The number of aliphatic hydroxyl groups is 1. The third kappa shape index (κ3) is 5.06. The molecule has 1 saturated heterocycles. The molecule has 3 aliphatic rings. The molecule has 180 valence electrons. The Balaban J connectivity index is 1.09. The maximum atomic E-state index is 14.6. The average molecular weight is 470 g/mol. The molecule has 0 radical (unpaired) electrons. The minimum atomic E-state index is -1.33. The number of Topliss-reactive ketones (excluding diaryl/α,β-unsaturated/α-hetero) is 1. The summed E-state index contributed by atoms with van der Waals surface area (Å²) in [6, 6.07) is 3.46. The van der Waals surface area contributed by atoms with Crippen molar-refractivity contribution in [1.82, 2.24) is 25.2 Å². The number of nitrogens with zero attached hydrogens (tertiary/aromatic N) is 6. The number of fused-ring (bicyclic) bond motifs is 2. The summed E-state index contributed by atoms with van der Waals surface area (Å²) in [6.45, 7) is 4.36. The van der Waals surface area contributed by atoms with Gasteiger partial charge in [-0.2, -0.15) is 0 Å². The lowest BCUT2D eigenvalue weighted by Crippen LogP contribution is -2.41. The fraction of sp³-hybridized carbons (Fsp3) is 0.522. The van der Waals surface area contributed by atoms with Crippen molar-refractivity contribution in [2.75, 3.05) is 44.2 Å². The number of hydrogen-bond acceptors (Lipinski definition) is 10. The number of carbonyl (C=O) groups is 1. The van der Waals surface area contributed by atoms with Crippen molar-refractivity contribution in [2.24, 2.45) is 10.9 Å². The van der Waals surface area contributed by atoms with Gasteiger partial charge in [-0.15, -0.1) is 0 Å². The summed E-state index contributed by atoms with van der Waals surface area (Å²) in [5.74, 6) is 2.24. The van der Waals surface area contributed by atoms with Crippen LogP contribution >= 0.6 is 0 Å². The van der Waals surface area contributed by atoms with E-state index in [1.54, 1.807) is 23.2 Å². The highest BCUT2D eigenvalue weighted by Crippen LogP contribution is 2.32. The van der Waals surface area contributed by atoms with Gasteiger partial charge in [-0.3, -0.25) is 9.79 Å². The van der Waals surface area contributed by atoms with Crippen molar-refractivity contribution in [3.8, 4) is 5.75 Å². The molecule has 0 spiro atoms. The Morgan fingerprint density at radius 2 is 2.18 bits per heavy atom. The lowest BCUT2D eigenvalue weighted by Gasteiger charge is -2.31. The van der Waals surface area contributed by atoms with Crippen molar-refractivity contribution < 1.29 is 19.0 Å². The van der Waals surface area contributed by atoms with E-state index >= 15 is 0 Å². The Labute approximate surface area is 196 Å². The van der Waals surface area contributed by atoms with E-state index in [1.807, 2.05) is 0 Å². The molecule has 0 aromatic carbocycles. The first-order valence-corrected chi connectivity index (χ1v) is 11.6. The SMILES string of the molecule is O=C1COc2cnc(CNC[C@@H]3CCN(CCN4c5nc(CO)ccc5N=CC4F)C3)nc2C1. The lowest BCUT2D eigenvalue weighted by atomic mass is 10.1. The largest absolute Gasteiger partial charge is 0.482 e. The third-order valence-electron chi connectivity index (χ3n) is 6.36. The first kappa shape index (κ1) is 22.8. The molecule has 2 N–H and O–H groups in total. The van der Waals surface area contributed by atoms with E-state index in [1.165, 1.54) is 6.21 Å². The first-order chi connectivity index (χ1) is 16.6. The summed E-state index contributed by atoms with van der Waals surface area (Å²) in [5.41, 5.74) is 1.78. The Kier molecular flexibility index (Phi) is 6.75. The van der Waals surface area contributed by atoms with Gasteiger partial charge in [0.15, 0.2) is 17.4 Å². The van der Waals surface area contributed by atoms with Gasteiger partial charge in [0.2, 0.25) is 6.30 Å². The fourth-order valence-corrected chi connectivity index (χ4v) is 4.54. The molecule has 2 atom stereocenters. The predicted octanol–water partition coefficient (Wildman–Crippen LogP) is 0.798. The topological polar surface area (TPSA) is 116 Å². The second-order valence-corrected chi connectivity index (χ2v) is 8.84. The van der Waals surface area contributed by atoms with Crippen molar-refractivity contribution in [1.29, 1.82) is 0 Å². The first-order valence-electron chi connectivity index (χ1n) is 11.6. The zero-order valence-corrected chi connectivity index (χ0v) is 18.9. The highest BCUT2D eigenvalue weighted by atomic mass is 19.1. The van der Waals surface area contributed by atoms with E-state index < -0.39 is 6.30 Å². The zero-order valence-electron chi connectivity index (χ0n) is 18.9. The average Bonchev–Trinajstić information content (AvgIpc) is 3.30. The molecule has 1 unspecified atom stereocenters. The molecule has 2 aromatic heterocycles. The normalized spacial score (nSPS) is 21.9. The van der Waals surface area contributed by atoms with E-state index in [0.717, 1.165) is 32.6 Å². The fourth-order valence-electron chi connectivity index (χ4n) is 4.54. The van der Waals surface area contributed by atoms with E-state index in [9.17, 15) is 14.3 Å². The van der Waals surface area contributed by atoms with Gasteiger partial charge in [0.05, 0.1) is 43.4 Å². The molecule has 3 aliphatic heterocycles. The molecule has 1 fully saturated rings. The van der Waals surface area contributed by atoms with Gasteiger partial charge >= 0.3 is 0 Å². The zero-order chi connectivity index (χ0) is 23.5. The van der Waals surface area contributed by atoms with Crippen LogP contribution in [-0.2, 0) is 24.4 Å². The lowest BCUT2D eigenvalue weighted by molar-refractivity contribution is -0.121. The van der Waals surface area contributed by atoms with Gasteiger partial charge in [0, 0.05) is 19.6 Å². The van der Waals surface area contributed by atoms with E-state index in [0.29, 0.717) is 59.9 Å². The minimum Gasteiger partial charge on any atom is -0.482 e. The number of anilines is 1. The van der Waals surface area contributed by atoms with Gasteiger partial charge in [0.25, 0.3) is 0 Å². The molecule has 0 aliphatic carbocycles. The molecule has 11 heteroatoms. The van der Waals surface area contributed by atoms with Crippen LogP contribution in [0.4, 0.5) is 15.9 Å². The number of aliphatic hydroxyl groups excluding tert-OH is 1. The molecular weight excluding hydrogens is 441 g/mol. The van der Waals surface area contributed by atoms with Crippen LogP contribution in [0.1, 0.15) is 23.6 Å². The van der Waals surface area contributed by atoms with Crippen molar-refractivity contribution in [3.05, 3.63) is 35.5 Å². The molecular formula is C23H28FN7O3. The Hall–Kier alpha value is -3.02. The van der Waals surface area contributed by atoms with E-state index in [2.05, 4.69) is 30.2 Å². The summed E-state index contributed by atoms with van der Waals surface area (Å²) in [4.78, 5) is 32.8. The monoisotopic (exact) mass is 469 g/mol. The smallest absolute Gasteiger partial charge is 0.209 e. The van der Waals surface area contributed by atoms with Crippen molar-refractivity contribution >= 4 is 23.5 Å². The Morgan fingerprint density at radius 3 is 3.06 bits per heavy atom. The Bertz CT molecular complexity index is 1080. The summed E-state index contributed by atoms with van der Waals surface area (Å²) >= 11 is 0. The number of hydrogen-bond donors (Lipinski definition) is 2. The van der Waals surface area contributed by atoms with Gasteiger partial charge in [-0.25, -0.2) is 19.3 Å². The molecule has 0 bridgehead atoms. The molecule has 5 heterocycles. The molecule has 0 amide bonds. The van der Waals surface area contributed by atoms with Gasteiger partial charge in [0.1, 0.15) is 18.1 Å². The predicted molar refractivity (Wildman–Crippen MR) is 123 cm³/mol. The van der Waals surface area contributed by atoms with E-state index in [-0.39, 0.29) is 19.0 Å². The maximum Gasteiger partial charge on any atom is 0.209 e. The second kappa shape index (κ2) is 10.1. The van der Waals surface area contributed by atoms with Crippen LogP contribution in [-0.4, -0.2) is 82.6 Å². The number of rotatable bonds is 8. The molecule has 2 aromatic rings. The number of ketones is 1. The van der Waals surface area contributed by atoms with Crippen molar-refractivity contribution in [3.63, 3.8) is 0 Å². The van der Waals surface area contributed by atoms with Gasteiger partial charge in [-0.05, 0) is 37.6 Å². The highest BCUT2D eigenvalue weighted by Gasteiger charge is 2.28. The number of carbonyl (C=O) groups excluding carboxylic acids is 1. The van der Waals surface area contributed by atoms with Crippen LogP contribution in [0, 0.1) is 5.92 Å². The quantitative estimate of drug-likeness (QED) is 0.542. The number of ether oxygens (including phenoxy) is 1. The highest BCUT2D eigenvalue weighted by molar-refractivity contribution is 5.84. The summed E-state index contributed by atoms with van der Waals surface area (Å²) in [5, 5.41) is 12.8. The number of aliphatic imine (C=N–C) groups is 1. The van der Waals surface area contributed by atoms with Crippen molar-refractivity contribution in [2.45, 2.75) is 32.3 Å². The second-order valence-electron chi connectivity index (χ2n) is 8.84. The van der Waals surface area contributed by atoms with Crippen LogP contribution in [0.15, 0.2) is 23.3 Å². The minimum absolute atomic E-state index is 0.0279. The van der Waals surface area contributed by atoms with Crippen LogP contribution in [0.5, 0.6) is 5.75 Å². The number of aromatic nitrogens is 3. The summed E-state index contributed by atoms with van der Waals surface area (Å²) in [6.07, 6.45) is 2.97. The van der Waals surface area contributed by atoms with E-state index in [4.69, 9.17) is 4.74 Å². The standard InChI is InChI=1S/C23H28FN7O3/c24-21-10-26-18-2-1-16(13-32)28-23(18)31(21)6-5-30-4-3-15(12-30)8-25-11-22-27-9-20-19(29-22)7-17(33)14-34-20/h1-2,9-10,15,21,25,32H,3-8,11-14H2/t15-,21?/m0/s1. The summed E-state index contributed by atoms with van der Waals surface area (Å²) < 4.78 is 19.9. The maximum absolute atomic E-state index is 14.6. The van der Waals surface area contributed by atoms with Gasteiger partial charge < -0.3 is 25.0 Å². The molecule has 5 rings (SSSR count). The van der Waals surface area contributed by atoms with Crippen LogP contribution in [0.3, 0.4) is 0 Å². The number of pyridine rings is 1. The third-order valence-corrected chi connectivity index (χ3v) is 6.36. The Morgan fingerprint density at radius 1 is 1.26 bits per heavy atom. The number of likely N-dealkylation sites (tertiary alicyclic amines) is 1. The summed E-state index contributed by atoms with van der Waals surface area (Å²) in [7, 11) is 0. The number of halogens is 1. The van der Waals surface area contributed by atoms with Crippen LogP contribution < -0.4 is 15.0 Å².